The molecule has 210 valence electrons. The summed E-state index contributed by atoms with van der Waals surface area (Å²) in [5, 5.41) is 0. The zero-order valence-electron chi connectivity index (χ0n) is 22.4. The molecule has 1 amide bonds. The summed E-state index contributed by atoms with van der Waals surface area (Å²) in [4.78, 5) is 23.7. The summed E-state index contributed by atoms with van der Waals surface area (Å²) < 4.78 is 58.7. The molecule has 0 fully saturated rings. The van der Waals surface area contributed by atoms with E-state index in [0.29, 0.717) is 42.4 Å². The van der Waals surface area contributed by atoms with Crippen LogP contribution >= 0.6 is 0 Å². The molecule has 3 aromatic rings. The number of amides is 1. The number of halogens is 3. The highest BCUT2D eigenvalue weighted by Crippen LogP contribution is 2.36. The molecule has 3 aromatic heterocycles. The average Bonchev–Trinajstić information content (AvgIpc) is 3.49. The van der Waals surface area contributed by atoms with Gasteiger partial charge in [-0.25, -0.2) is 9.97 Å². The molecule has 2 N–H and O–H groups in total. The zero-order valence-corrected chi connectivity index (χ0v) is 23.4. The van der Waals surface area contributed by atoms with E-state index < -0.39 is 26.0 Å². The smallest absolute Gasteiger partial charge is 0.383 e. The highest BCUT2D eigenvalue weighted by Gasteiger charge is 2.36. The van der Waals surface area contributed by atoms with Crippen molar-refractivity contribution in [3.63, 3.8) is 0 Å². The average molecular weight is 564 g/mol. The van der Waals surface area contributed by atoms with E-state index in [1.54, 1.807) is 17.7 Å². The lowest BCUT2D eigenvalue weighted by atomic mass is 10.0. The minimum atomic E-state index is -4.57. The Balaban J connectivity index is 1.50. The molecule has 0 aromatic carbocycles. The number of nitrogens with zero attached hydrogens (tertiary/aromatic N) is 4. The second-order valence-corrected chi connectivity index (χ2v) is 16.8. The normalized spacial score (nSPS) is 17.4. The van der Waals surface area contributed by atoms with Crippen molar-refractivity contribution in [2.75, 3.05) is 26.0 Å². The second-order valence-electron chi connectivity index (χ2n) is 11.2. The third-order valence-electron chi connectivity index (χ3n) is 7.17. The van der Waals surface area contributed by atoms with Gasteiger partial charge in [-0.2, -0.15) is 13.2 Å². The lowest BCUT2D eigenvalue weighted by Gasteiger charge is -2.33. The summed E-state index contributed by atoms with van der Waals surface area (Å²) >= 11 is 0. The molecular weight excluding hydrogens is 531 g/mol. The third kappa shape index (κ3) is 5.40. The van der Waals surface area contributed by atoms with Crippen LogP contribution in [-0.4, -0.2) is 53.7 Å². The van der Waals surface area contributed by atoms with Gasteiger partial charge < -0.3 is 29.4 Å². The largest absolute Gasteiger partial charge is 0.433 e. The van der Waals surface area contributed by atoms with E-state index >= 15 is 0 Å². The third-order valence-corrected chi connectivity index (χ3v) is 8.87. The van der Waals surface area contributed by atoms with Gasteiger partial charge in [0.25, 0.3) is 5.91 Å². The molecule has 5 heterocycles. The molecule has 0 radical (unpaired) electrons. The molecule has 2 aliphatic heterocycles. The number of carbonyl (C=O) groups is 1. The SMILES string of the molecule is CN(C(=O)c1cc2nc(N)c3c(c2n1COCC[Si](C)(C)C)COC3)C1COCc2nc(C(F)(F)F)ccc21. The Bertz CT molecular complexity index is 1420. The van der Waals surface area contributed by atoms with E-state index in [9.17, 15) is 18.0 Å². The Hall–Kier alpha value is -3.00. The van der Waals surface area contributed by atoms with Crippen LogP contribution in [0.3, 0.4) is 0 Å². The van der Waals surface area contributed by atoms with Gasteiger partial charge in [-0.15, -0.1) is 0 Å². The van der Waals surface area contributed by atoms with Crippen molar-refractivity contribution in [1.29, 1.82) is 0 Å². The minimum Gasteiger partial charge on any atom is -0.383 e. The summed E-state index contributed by atoms with van der Waals surface area (Å²) in [6, 6.07) is 4.34. The van der Waals surface area contributed by atoms with Gasteiger partial charge in [0.15, 0.2) is 0 Å². The molecule has 13 heteroatoms. The zero-order chi connectivity index (χ0) is 28.1. The Kier molecular flexibility index (Phi) is 7.20. The number of pyridine rings is 2. The minimum absolute atomic E-state index is 0.0572. The molecule has 0 bridgehead atoms. The molecule has 5 rings (SSSR count). The fraction of sp³-hybridized carbons (Fsp3) is 0.500. The van der Waals surface area contributed by atoms with Gasteiger partial charge in [0, 0.05) is 38.4 Å². The number of nitrogens with two attached hydrogens (primary N) is 1. The van der Waals surface area contributed by atoms with Gasteiger partial charge in [0.2, 0.25) is 0 Å². The maximum absolute atomic E-state index is 14.0. The monoisotopic (exact) mass is 563 g/mol. The van der Waals surface area contributed by atoms with Crippen LogP contribution in [0.4, 0.5) is 19.0 Å². The summed E-state index contributed by atoms with van der Waals surface area (Å²) in [7, 11) is 0.272. The maximum Gasteiger partial charge on any atom is 0.433 e. The van der Waals surface area contributed by atoms with Crippen molar-refractivity contribution in [2.24, 2.45) is 0 Å². The van der Waals surface area contributed by atoms with E-state index in [2.05, 4.69) is 29.6 Å². The van der Waals surface area contributed by atoms with Gasteiger partial charge in [-0.1, -0.05) is 25.7 Å². The quantitative estimate of drug-likeness (QED) is 0.328. The van der Waals surface area contributed by atoms with Crippen molar-refractivity contribution >= 4 is 30.8 Å². The van der Waals surface area contributed by atoms with Crippen LogP contribution in [0.25, 0.3) is 11.0 Å². The summed E-state index contributed by atoms with van der Waals surface area (Å²) in [6.45, 7) is 8.24. The van der Waals surface area contributed by atoms with E-state index in [1.807, 2.05) is 0 Å². The van der Waals surface area contributed by atoms with Crippen LogP contribution in [0, 0.1) is 0 Å². The van der Waals surface area contributed by atoms with Gasteiger partial charge in [0.05, 0.1) is 49.2 Å². The van der Waals surface area contributed by atoms with Gasteiger partial charge in [-0.3, -0.25) is 4.79 Å². The van der Waals surface area contributed by atoms with Crippen LogP contribution in [0.2, 0.25) is 25.7 Å². The number of hydrogen-bond donors (Lipinski definition) is 1. The van der Waals surface area contributed by atoms with E-state index in [1.165, 1.54) is 11.0 Å². The lowest BCUT2D eigenvalue weighted by molar-refractivity contribution is -0.141. The summed E-state index contributed by atoms with van der Waals surface area (Å²) in [5.74, 6) is 0.00897. The highest BCUT2D eigenvalue weighted by atomic mass is 28.3. The molecule has 39 heavy (non-hydrogen) atoms. The Morgan fingerprint density at radius 1 is 1.18 bits per heavy atom. The molecule has 0 saturated carbocycles. The second kappa shape index (κ2) is 10.2. The van der Waals surface area contributed by atoms with Crippen molar-refractivity contribution < 1.29 is 32.2 Å². The number of ether oxygens (including phenoxy) is 3. The Morgan fingerprint density at radius 3 is 2.64 bits per heavy atom. The molecule has 1 atom stereocenters. The van der Waals surface area contributed by atoms with Gasteiger partial charge >= 0.3 is 6.18 Å². The number of alkyl halides is 3. The number of aromatic nitrogens is 3. The van der Waals surface area contributed by atoms with E-state index in [0.717, 1.165) is 28.8 Å². The fourth-order valence-electron chi connectivity index (χ4n) is 4.94. The maximum atomic E-state index is 14.0. The van der Waals surface area contributed by atoms with Gasteiger partial charge in [0.1, 0.15) is 23.9 Å². The number of anilines is 1. The Labute approximate surface area is 225 Å². The first kappa shape index (κ1) is 27.6. The number of fused-ring (bicyclic) bond motifs is 4. The van der Waals surface area contributed by atoms with Crippen molar-refractivity contribution in [3.8, 4) is 0 Å². The van der Waals surface area contributed by atoms with Crippen LogP contribution in [0.1, 0.15) is 44.6 Å². The summed E-state index contributed by atoms with van der Waals surface area (Å²) in [5.41, 5.74) is 9.19. The molecule has 1 unspecified atom stereocenters. The summed E-state index contributed by atoms with van der Waals surface area (Å²) in [6.07, 6.45) is -4.57. The number of rotatable bonds is 7. The van der Waals surface area contributed by atoms with Crippen molar-refractivity contribution in [2.45, 2.75) is 64.5 Å². The molecular formula is C26H32F3N5O4Si. The lowest BCUT2D eigenvalue weighted by Crippen LogP contribution is -2.37. The van der Waals surface area contributed by atoms with Crippen LogP contribution < -0.4 is 5.73 Å². The number of hydrogen-bond acceptors (Lipinski definition) is 7. The molecule has 0 saturated heterocycles. The van der Waals surface area contributed by atoms with Crippen molar-refractivity contribution in [1.82, 2.24) is 19.4 Å². The van der Waals surface area contributed by atoms with E-state index in [-0.39, 0.29) is 31.5 Å². The highest BCUT2D eigenvalue weighted by molar-refractivity contribution is 6.76. The Morgan fingerprint density at radius 2 is 1.92 bits per heavy atom. The van der Waals surface area contributed by atoms with Crippen molar-refractivity contribution in [3.05, 3.63) is 52.0 Å². The topological polar surface area (TPSA) is 105 Å². The van der Waals surface area contributed by atoms with Gasteiger partial charge in [-0.05, 0) is 18.2 Å². The van der Waals surface area contributed by atoms with Crippen LogP contribution in [-0.2, 0) is 46.9 Å². The van der Waals surface area contributed by atoms with Crippen LogP contribution in [0.15, 0.2) is 18.2 Å². The number of nitrogen functional groups attached to an aromatic ring is 1. The molecule has 9 nitrogen and oxygen atoms in total. The number of likely N-dealkylation sites (N-methyl/N-ethyl adjacent to an activating group) is 1. The first-order chi connectivity index (χ1) is 18.3. The van der Waals surface area contributed by atoms with Crippen LogP contribution in [0.5, 0.6) is 0 Å². The first-order valence-electron chi connectivity index (χ1n) is 12.7. The first-order valence-corrected chi connectivity index (χ1v) is 16.4. The predicted molar refractivity (Wildman–Crippen MR) is 140 cm³/mol. The predicted octanol–water partition coefficient (Wildman–Crippen LogP) is 4.72. The van der Waals surface area contributed by atoms with E-state index in [4.69, 9.17) is 19.9 Å². The molecule has 0 aliphatic carbocycles. The number of carbonyl (C=O) groups excluding carboxylic acids is 1. The standard InChI is InChI=1S/C26H32F3N5O4Si/c1-33(21-13-38-12-19-15(21)5-6-22(31-19)26(27,28)29)25(35)20-9-18-23(16-10-37-11-17(16)24(30)32-18)34(20)14-36-7-8-39(2,3)4/h5-6,9,21H,7-8,10-14H2,1-4H3,(H2,30,32). The fourth-order valence-corrected chi connectivity index (χ4v) is 5.69. The molecule has 2 aliphatic rings. The molecule has 0 spiro atoms.